The molecule has 0 aromatic heterocycles. The third-order valence-electron chi connectivity index (χ3n) is 3.94. The molecule has 1 aromatic carbocycles. The fourth-order valence-electron chi connectivity index (χ4n) is 2.69. The summed E-state index contributed by atoms with van der Waals surface area (Å²) in [5, 5.41) is 0. The molecule has 0 bridgehead atoms. The minimum absolute atomic E-state index is 0.254. The third kappa shape index (κ3) is 3.94. The van der Waals surface area contributed by atoms with Crippen LogP contribution in [0.1, 0.15) is 32.3 Å². The predicted molar refractivity (Wildman–Crippen MR) is 87.0 cm³/mol. The fraction of sp³-hybridized carbons (Fsp3) is 0.500. The van der Waals surface area contributed by atoms with Crippen LogP contribution in [0.25, 0.3) is 6.08 Å². The van der Waals surface area contributed by atoms with E-state index in [0.29, 0.717) is 39.0 Å². The summed E-state index contributed by atoms with van der Waals surface area (Å²) >= 11 is 0. The van der Waals surface area contributed by atoms with E-state index in [9.17, 15) is 12.8 Å². The molecule has 1 aliphatic heterocycles. The van der Waals surface area contributed by atoms with Crippen molar-refractivity contribution in [2.24, 2.45) is 0 Å². The molecule has 0 N–H and O–H groups in total. The molecule has 0 saturated carbocycles. The molecule has 0 atom stereocenters. The van der Waals surface area contributed by atoms with Crippen LogP contribution in [0, 0.1) is 5.82 Å². The molecule has 22 heavy (non-hydrogen) atoms. The molecular formula is C16H23FN2O2S. The number of hydrogen-bond acceptors (Lipinski definition) is 2. The van der Waals surface area contributed by atoms with Gasteiger partial charge in [-0.3, -0.25) is 0 Å². The Bertz CT molecular complexity index is 629. The second-order valence-corrected chi connectivity index (χ2v) is 7.28. The van der Waals surface area contributed by atoms with Crippen molar-refractivity contribution in [2.75, 3.05) is 26.2 Å². The zero-order chi connectivity index (χ0) is 16.2. The van der Waals surface area contributed by atoms with Gasteiger partial charge in [-0.25, -0.2) is 4.39 Å². The van der Waals surface area contributed by atoms with E-state index in [1.807, 2.05) is 26.0 Å². The first-order chi connectivity index (χ1) is 10.5. The SMILES string of the molecule is CCN(CC)S(=O)(=O)N1CCC(=Cc2cccc(F)c2)CC1. The van der Waals surface area contributed by atoms with Gasteiger partial charge in [0, 0.05) is 26.2 Å². The molecule has 2 rings (SSSR count). The Labute approximate surface area is 132 Å². The average Bonchev–Trinajstić information content (AvgIpc) is 2.49. The molecule has 4 nitrogen and oxygen atoms in total. The molecule has 1 fully saturated rings. The quantitative estimate of drug-likeness (QED) is 0.835. The van der Waals surface area contributed by atoms with Gasteiger partial charge >= 0.3 is 0 Å². The van der Waals surface area contributed by atoms with Gasteiger partial charge in [0.05, 0.1) is 0 Å². The first-order valence-corrected chi connectivity index (χ1v) is 9.07. The van der Waals surface area contributed by atoms with E-state index < -0.39 is 10.2 Å². The van der Waals surface area contributed by atoms with E-state index in [-0.39, 0.29) is 5.82 Å². The number of rotatable bonds is 5. The van der Waals surface area contributed by atoms with Gasteiger partial charge in [0.15, 0.2) is 0 Å². The second kappa shape index (κ2) is 7.35. The van der Waals surface area contributed by atoms with Gasteiger partial charge < -0.3 is 0 Å². The molecular weight excluding hydrogens is 303 g/mol. The van der Waals surface area contributed by atoms with E-state index in [2.05, 4.69) is 0 Å². The molecule has 122 valence electrons. The van der Waals surface area contributed by atoms with Crippen LogP contribution in [0.4, 0.5) is 4.39 Å². The first kappa shape index (κ1) is 17.1. The molecule has 6 heteroatoms. The van der Waals surface area contributed by atoms with Crippen LogP contribution in [0.2, 0.25) is 0 Å². The highest BCUT2D eigenvalue weighted by Gasteiger charge is 2.29. The molecule has 0 spiro atoms. The summed E-state index contributed by atoms with van der Waals surface area (Å²) in [7, 11) is -3.35. The maximum absolute atomic E-state index is 13.2. The maximum Gasteiger partial charge on any atom is 0.281 e. The summed E-state index contributed by atoms with van der Waals surface area (Å²) in [4.78, 5) is 0. The second-order valence-electron chi connectivity index (χ2n) is 5.35. The van der Waals surface area contributed by atoms with Crippen molar-refractivity contribution in [3.8, 4) is 0 Å². The normalized spacial score (nSPS) is 17.0. The molecule has 0 unspecified atom stereocenters. The Hall–Kier alpha value is -1.24. The van der Waals surface area contributed by atoms with Crippen LogP contribution < -0.4 is 0 Å². The van der Waals surface area contributed by atoms with Gasteiger partial charge in [-0.1, -0.05) is 37.6 Å². The lowest BCUT2D eigenvalue weighted by molar-refractivity contribution is 0.335. The average molecular weight is 326 g/mol. The summed E-state index contributed by atoms with van der Waals surface area (Å²) in [6.45, 7) is 5.64. The van der Waals surface area contributed by atoms with Crippen molar-refractivity contribution in [2.45, 2.75) is 26.7 Å². The number of piperidine rings is 1. The summed E-state index contributed by atoms with van der Waals surface area (Å²) in [6.07, 6.45) is 3.35. The molecule has 1 heterocycles. The molecule has 1 aliphatic rings. The largest absolute Gasteiger partial charge is 0.281 e. The van der Waals surface area contributed by atoms with E-state index in [4.69, 9.17) is 0 Å². The lowest BCUT2D eigenvalue weighted by Gasteiger charge is -2.32. The monoisotopic (exact) mass is 326 g/mol. The minimum Gasteiger partial charge on any atom is -0.207 e. The van der Waals surface area contributed by atoms with Crippen LogP contribution in [0.5, 0.6) is 0 Å². The topological polar surface area (TPSA) is 40.6 Å². The lowest BCUT2D eigenvalue weighted by atomic mass is 10.0. The number of halogens is 1. The Morgan fingerprint density at radius 3 is 2.41 bits per heavy atom. The zero-order valence-corrected chi connectivity index (χ0v) is 13.9. The minimum atomic E-state index is -3.35. The number of hydrogen-bond donors (Lipinski definition) is 0. The van der Waals surface area contributed by atoms with Crippen LogP contribution in [0.3, 0.4) is 0 Å². The van der Waals surface area contributed by atoms with Gasteiger partial charge in [-0.15, -0.1) is 0 Å². The van der Waals surface area contributed by atoms with Gasteiger partial charge in [0.1, 0.15) is 5.82 Å². The van der Waals surface area contributed by atoms with Crippen molar-refractivity contribution in [3.05, 3.63) is 41.2 Å². The number of nitrogens with zero attached hydrogens (tertiary/aromatic N) is 2. The summed E-state index contributed by atoms with van der Waals surface area (Å²) in [5.41, 5.74) is 1.99. The van der Waals surface area contributed by atoms with Gasteiger partial charge in [0.25, 0.3) is 10.2 Å². The lowest BCUT2D eigenvalue weighted by Crippen LogP contribution is -2.46. The molecule has 1 saturated heterocycles. The zero-order valence-electron chi connectivity index (χ0n) is 13.1. The van der Waals surface area contributed by atoms with Crippen molar-refractivity contribution in [3.63, 3.8) is 0 Å². The Balaban J connectivity index is 2.04. The third-order valence-corrected chi connectivity index (χ3v) is 6.13. The van der Waals surface area contributed by atoms with Crippen molar-refractivity contribution in [1.29, 1.82) is 0 Å². The highest BCUT2D eigenvalue weighted by atomic mass is 32.2. The summed E-state index contributed by atoms with van der Waals surface area (Å²) in [5.74, 6) is -0.254. The van der Waals surface area contributed by atoms with Crippen LogP contribution >= 0.6 is 0 Å². The van der Waals surface area contributed by atoms with Crippen LogP contribution in [0.15, 0.2) is 29.8 Å². The van der Waals surface area contributed by atoms with E-state index in [1.54, 1.807) is 10.4 Å². The van der Waals surface area contributed by atoms with Crippen molar-refractivity contribution >= 4 is 16.3 Å². The van der Waals surface area contributed by atoms with Crippen molar-refractivity contribution < 1.29 is 12.8 Å². The summed E-state index contributed by atoms with van der Waals surface area (Å²) in [6, 6.07) is 6.45. The molecule has 0 radical (unpaired) electrons. The maximum atomic E-state index is 13.2. The highest BCUT2D eigenvalue weighted by molar-refractivity contribution is 7.86. The van der Waals surface area contributed by atoms with Crippen molar-refractivity contribution in [1.82, 2.24) is 8.61 Å². The molecule has 1 aromatic rings. The van der Waals surface area contributed by atoms with Gasteiger partial charge in [-0.2, -0.15) is 17.0 Å². The Morgan fingerprint density at radius 2 is 1.86 bits per heavy atom. The smallest absolute Gasteiger partial charge is 0.207 e. The Morgan fingerprint density at radius 1 is 1.23 bits per heavy atom. The molecule has 0 aliphatic carbocycles. The Kier molecular flexibility index (Phi) is 5.72. The van der Waals surface area contributed by atoms with Crippen LogP contribution in [-0.4, -0.2) is 43.2 Å². The summed E-state index contributed by atoms with van der Waals surface area (Å²) < 4.78 is 41.1. The first-order valence-electron chi connectivity index (χ1n) is 7.67. The highest BCUT2D eigenvalue weighted by Crippen LogP contribution is 2.23. The van der Waals surface area contributed by atoms with Gasteiger partial charge in [0.2, 0.25) is 0 Å². The van der Waals surface area contributed by atoms with E-state index >= 15 is 0 Å². The standard InChI is InChI=1S/C16H23FN2O2S/c1-3-18(4-2)22(20,21)19-10-8-14(9-11-19)12-15-6-5-7-16(17)13-15/h5-7,12-13H,3-4,8-11H2,1-2H3. The number of benzene rings is 1. The molecule has 0 amide bonds. The van der Waals surface area contributed by atoms with E-state index in [1.165, 1.54) is 16.4 Å². The van der Waals surface area contributed by atoms with Gasteiger partial charge in [-0.05, 0) is 30.5 Å². The fourth-order valence-corrected chi connectivity index (χ4v) is 4.32. The predicted octanol–water partition coefficient (Wildman–Crippen LogP) is 2.89. The van der Waals surface area contributed by atoms with Crippen LogP contribution in [-0.2, 0) is 10.2 Å². The van der Waals surface area contributed by atoms with E-state index in [0.717, 1.165) is 11.1 Å².